The van der Waals surface area contributed by atoms with Crippen LogP contribution in [0, 0.1) is 0 Å². The van der Waals surface area contributed by atoms with Crippen LogP contribution in [0.1, 0.15) is 30.9 Å². The van der Waals surface area contributed by atoms with Crippen molar-refractivity contribution in [3.63, 3.8) is 0 Å². The number of nitrogens with zero attached hydrogens (tertiary/aromatic N) is 7. The average Bonchev–Trinajstić information content (AvgIpc) is 3.25. The fourth-order valence-corrected chi connectivity index (χ4v) is 4.11. The topological polar surface area (TPSA) is 88.5 Å². The van der Waals surface area contributed by atoms with E-state index in [4.69, 9.17) is 5.73 Å². The summed E-state index contributed by atoms with van der Waals surface area (Å²) >= 11 is 1.68. The van der Waals surface area contributed by atoms with Crippen molar-refractivity contribution in [2.45, 2.75) is 38.8 Å². The van der Waals surface area contributed by atoms with Crippen molar-refractivity contribution in [1.29, 1.82) is 0 Å². The largest absolute Gasteiger partial charge is 0.370 e. The van der Waals surface area contributed by atoms with E-state index in [1.165, 1.54) is 19.3 Å². The summed E-state index contributed by atoms with van der Waals surface area (Å²) in [6, 6.07) is 0. The van der Waals surface area contributed by atoms with Gasteiger partial charge < -0.3 is 20.1 Å². The monoisotopic (exact) mass is 360 g/mol. The summed E-state index contributed by atoms with van der Waals surface area (Å²) in [5.41, 5.74) is 6.22. The number of guanidine groups is 1. The number of piperazine rings is 1. The first-order valence-electron chi connectivity index (χ1n) is 8.91. The summed E-state index contributed by atoms with van der Waals surface area (Å²) in [5.74, 6) is 2.63. The zero-order chi connectivity index (χ0) is 17.1. The lowest BCUT2D eigenvalue weighted by Crippen LogP contribution is -2.51. The quantitative estimate of drug-likeness (QED) is 0.651. The Labute approximate surface area is 151 Å². The molecule has 0 amide bonds. The van der Waals surface area contributed by atoms with Gasteiger partial charge in [-0.3, -0.25) is 0 Å². The first kappa shape index (κ1) is 16.3. The molecule has 0 atom stereocenters. The van der Waals surface area contributed by atoms with Crippen molar-refractivity contribution in [3.8, 4) is 0 Å². The van der Waals surface area contributed by atoms with Crippen LogP contribution in [0.25, 0.3) is 0 Å². The molecule has 0 unspecified atom stereocenters. The maximum Gasteiger partial charge on any atom is 0.191 e. The summed E-state index contributed by atoms with van der Waals surface area (Å²) in [7, 11) is 0. The normalized spacial score (nSPS) is 19.0. The molecule has 1 saturated heterocycles. The third-order valence-electron chi connectivity index (χ3n) is 4.86. The number of hydrogen-bond acceptors (Lipinski definition) is 6. The highest BCUT2D eigenvalue weighted by Gasteiger charge is 2.20. The molecule has 0 aliphatic carbocycles. The Morgan fingerprint density at radius 1 is 1.12 bits per heavy atom. The van der Waals surface area contributed by atoms with E-state index >= 15 is 0 Å². The molecule has 9 heteroatoms. The minimum atomic E-state index is 0.505. The van der Waals surface area contributed by atoms with E-state index in [9.17, 15) is 0 Å². The third kappa shape index (κ3) is 3.60. The lowest BCUT2D eigenvalue weighted by atomic mass is 10.2. The van der Waals surface area contributed by atoms with E-state index in [0.29, 0.717) is 12.5 Å². The van der Waals surface area contributed by atoms with Gasteiger partial charge in [-0.25, -0.2) is 9.98 Å². The molecule has 25 heavy (non-hydrogen) atoms. The average molecular weight is 360 g/mol. The van der Waals surface area contributed by atoms with Crippen molar-refractivity contribution < 1.29 is 0 Å². The van der Waals surface area contributed by atoms with Crippen LogP contribution in [0.15, 0.2) is 16.6 Å². The molecule has 2 aliphatic rings. The molecule has 2 N–H and O–H groups in total. The second kappa shape index (κ2) is 7.38. The van der Waals surface area contributed by atoms with E-state index in [0.717, 1.165) is 55.9 Å². The molecule has 0 aromatic carbocycles. The SMILES string of the molecule is NC(=NCc1nnc2n1CCCCC2)N1CCN(c2nccs2)CC1. The van der Waals surface area contributed by atoms with Gasteiger partial charge in [0.05, 0.1) is 0 Å². The van der Waals surface area contributed by atoms with Crippen molar-refractivity contribution in [2.24, 2.45) is 10.7 Å². The Hall–Kier alpha value is -2.16. The molecule has 0 bridgehead atoms. The number of aliphatic imine (C=N–C) groups is 1. The smallest absolute Gasteiger partial charge is 0.191 e. The number of thiazole rings is 1. The van der Waals surface area contributed by atoms with Gasteiger partial charge in [-0.05, 0) is 12.8 Å². The maximum atomic E-state index is 6.22. The lowest BCUT2D eigenvalue weighted by Gasteiger charge is -2.35. The fourth-order valence-electron chi connectivity index (χ4n) is 3.41. The summed E-state index contributed by atoms with van der Waals surface area (Å²) in [4.78, 5) is 13.4. The number of hydrogen-bond donors (Lipinski definition) is 1. The number of nitrogens with two attached hydrogens (primary N) is 1. The molecule has 8 nitrogen and oxygen atoms in total. The Morgan fingerprint density at radius 2 is 2.00 bits per heavy atom. The van der Waals surface area contributed by atoms with Gasteiger partial charge in [-0.2, -0.15) is 0 Å². The minimum Gasteiger partial charge on any atom is -0.370 e. The summed E-state index contributed by atoms with van der Waals surface area (Å²) in [6.45, 7) is 5.08. The first-order chi connectivity index (χ1) is 12.3. The summed E-state index contributed by atoms with van der Waals surface area (Å²) in [5, 5.41) is 11.7. The molecule has 0 spiro atoms. The van der Waals surface area contributed by atoms with Crippen molar-refractivity contribution in [3.05, 3.63) is 23.2 Å². The highest BCUT2D eigenvalue weighted by molar-refractivity contribution is 7.13. The van der Waals surface area contributed by atoms with Gasteiger partial charge >= 0.3 is 0 Å². The highest BCUT2D eigenvalue weighted by atomic mass is 32.1. The molecule has 4 heterocycles. The first-order valence-corrected chi connectivity index (χ1v) is 9.79. The molecule has 2 aromatic heterocycles. The predicted octanol–water partition coefficient (Wildman–Crippen LogP) is 1.10. The van der Waals surface area contributed by atoms with Crippen LogP contribution in [0.3, 0.4) is 0 Å². The molecular weight excluding hydrogens is 336 g/mol. The zero-order valence-corrected chi connectivity index (χ0v) is 15.2. The van der Waals surface area contributed by atoms with Crippen LogP contribution in [-0.4, -0.2) is 56.8 Å². The van der Waals surface area contributed by atoms with Gasteiger partial charge in [0.2, 0.25) is 0 Å². The van der Waals surface area contributed by atoms with Crippen LogP contribution < -0.4 is 10.6 Å². The van der Waals surface area contributed by atoms with Crippen LogP contribution in [0.2, 0.25) is 0 Å². The Bertz CT molecular complexity index is 715. The molecular formula is C16H24N8S. The Morgan fingerprint density at radius 3 is 2.80 bits per heavy atom. The highest BCUT2D eigenvalue weighted by Crippen LogP contribution is 2.19. The van der Waals surface area contributed by atoms with Gasteiger partial charge in [0.15, 0.2) is 16.9 Å². The summed E-state index contributed by atoms with van der Waals surface area (Å²) < 4.78 is 2.23. The van der Waals surface area contributed by atoms with Crippen LogP contribution in [-0.2, 0) is 19.5 Å². The molecule has 2 aliphatic heterocycles. The van der Waals surface area contributed by atoms with Gasteiger partial charge in [0.1, 0.15) is 12.4 Å². The van der Waals surface area contributed by atoms with Crippen molar-refractivity contribution in [1.82, 2.24) is 24.6 Å². The van der Waals surface area contributed by atoms with Crippen molar-refractivity contribution in [2.75, 3.05) is 31.1 Å². The number of fused-ring (bicyclic) bond motifs is 1. The second-order valence-electron chi connectivity index (χ2n) is 6.46. The minimum absolute atomic E-state index is 0.505. The fraction of sp³-hybridized carbons (Fsp3) is 0.625. The number of anilines is 1. The van der Waals surface area contributed by atoms with Gasteiger partial charge in [0, 0.05) is 50.7 Å². The van der Waals surface area contributed by atoms with Crippen LogP contribution >= 0.6 is 11.3 Å². The number of aryl methyl sites for hydroxylation is 1. The molecule has 4 rings (SSSR count). The molecule has 2 aromatic rings. The molecule has 0 radical (unpaired) electrons. The summed E-state index contributed by atoms with van der Waals surface area (Å²) in [6.07, 6.45) is 6.52. The van der Waals surface area contributed by atoms with Crippen molar-refractivity contribution >= 4 is 22.4 Å². The third-order valence-corrected chi connectivity index (χ3v) is 5.69. The van der Waals surface area contributed by atoms with Gasteiger partial charge in [0.25, 0.3) is 0 Å². The van der Waals surface area contributed by atoms with Gasteiger partial charge in [-0.15, -0.1) is 21.5 Å². The number of rotatable bonds is 3. The molecule has 1 fully saturated rings. The van der Waals surface area contributed by atoms with E-state index in [1.807, 2.05) is 11.6 Å². The van der Waals surface area contributed by atoms with Crippen LogP contribution in [0.4, 0.5) is 5.13 Å². The van der Waals surface area contributed by atoms with Gasteiger partial charge in [-0.1, -0.05) is 6.42 Å². The molecule has 134 valence electrons. The maximum absolute atomic E-state index is 6.22. The standard InChI is InChI=1S/C16H24N8S/c17-15(22-7-9-23(10-8-22)16-18-5-11-25-16)19-12-14-21-20-13-4-2-1-3-6-24(13)14/h5,11H,1-4,6-10,12H2,(H2,17,19). The second-order valence-corrected chi connectivity index (χ2v) is 7.33. The van der Waals surface area contributed by atoms with E-state index in [-0.39, 0.29) is 0 Å². The van der Waals surface area contributed by atoms with E-state index in [2.05, 4.69) is 34.5 Å². The zero-order valence-electron chi connectivity index (χ0n) is 14.3. The van der Waals surface area contributed by atoms with E-state index < -0.39 is 0 Å². The molecule has 0 saturated carbocycles. The number of aromatic nitrogens is 4. The van der Waals surface area contributed by atoms with E-state index in [1.54, 1.807) is 11.3 Å². The predicted molar refractivity (Wildman–Crippen MR) is 98.8 cm³/mol. The van der Waals surface area contributed by atoms with Crippen LogP contribution in [0.5, 0.6) is 0 Å². The Balaban J connectivity index is 1.36. The lowest BCUT2D eigenvalue weighted by molar-refractivity contribution is 0.380. The Kier molecular flexibility index (Phi) is 4.82.